The van der Waals surface area contributed by atoms with Crippen molar-refractivity contribution in [1.82, 2.24) is 9.55 Å². The molecule has 1 saturated carbocycles. The first kappa shape index (κ1) is 18.6. The Morgan fingerprint density at radius 3 is 2.67 bits per heavy atom. The highest BCUT2D eigenvalue weighted by molar-refractivity contribution is 5.93. The van der Waals surface area contributed by atoms with E-state index in [4.69, 9.17) is 0 Å². The predicted octanol–water partition coefficient (Wildman–Crippen LogP) is 3.26. The molecule has 2 N–H and O–H groups in total. The fourth-order valence-electron chi connectivity index (χ4n) is 4.19. The molecule has 3 heterocycles. The summed E-state index contributed by atoms with van der Waals surface area (Å²) in [5, 5.41) is 12.9. The van der Waals surface area contributed by atoms with E-state index in [2.05, 4.69) is 10.3 Å². The zero-order valence-corrected chi connectivity index (χ0v) is 16.2. The number of benzene rings is 1. The molecule has 0 radical (unpaired) electrons. The van der Waals surface area contributed by atoms with Crippen LogP contribution in [0.25, 0.3) is 10.9 Å². The van der Waals surface area contributed by atoms with Gasteiger partial charge in [-0.3, -0.25) is 9.78 Å². The summed E-state index contributed by atoms with van der Waals surface area (Å²) >= 11 is 0. The highest BCUT2D eigenvalue weighted by Gasteiger charge is 2.29. The highest BCUT2D eigenvalue weighted by Crippen LogP contribution is 2.38. The van der Waals surface area contributed by atoms with Crippen LogP contribution in [0.2, 0.25) is 0 Å². The number of rotatable bonds is 5. The van der Waals surface area contributed by atoms with Crippen LogP contribution < -0.4 is 15.6 Å². The van der Waals surface area contributed by atoms with Gasteiger partial charge in [0.15, 0.2) is 0 Å². The third-order valence-electron chi connectivity index (χ3n) is 5.85. The van der Waals surface area contributed by atoms with Crippen LogP contribution in [0.5, 0.6) is 0 Å². The molecule has 0 amide bonds. The van der Waals surface area contributed by atoms with Crippen LogP contribution >= 0.6 is 0 Å². The maximum atomic E-state index is 15.0. The van der Waals surface area contributed by atoms with Crippen molar-refractivity contribution in [2.24, 2.45) is 0 Å². The predicted molar refractivity (Wildman–Crippen MR) is 112 cm³/mol. The van der Waals surface area contributed by atoms with Crippen molar-refractivity contribution in [2.45, 2.75) is 31.3 Å². The molecule has 2 fully saturated rings. The molecule has 1 atom stereocenters. The summed E-state index contributed by atoms with van der Waals surface area (Å²) in [7, 11) is 0. The summed E-state index contributed by atoms with van der Waals surface area (Å²) in [5.74, 6) is -1.79. The molecule has 0 bridgehead atoms. The van der Waals surface area contributed by atoms with Crippen LogP contribution in [0.15, 0.2) is 47.7 Å². The third kappa shape index (κ3) is 3.28. The summed E-state index contributed by atoms with van der Waals surface area (Å²) in [6.45, 7) is 1.32. The van der Waals surface area contributed by atoms with E-state index in [0.29, 0.717) is 24.3 Å². The SMILES string of the molecule is O=C(O)c1cn(C2CC2)c2cc(N3CCC(Nc4ccncc4)C3)c(F)cc2c1=O. The Balaban J connectivity index is 1.50. The van der Waals surface area contributed by atoms with Gasteiger partial charge >= 0.3 is 5.97 Å². The summed E-state index contributed by atoms with van der Waals surface area (Å²) in [6, 6.07) is 7.01. The summed E-state index contributed by atoms with van der Waals surface area (Å²) in [5.41, 5.74) is 1.05. The van der Waals surface area contributed by atoms with Gasteiger partial charge in [-0.1, -0.05) is 0 Å². The molecule has 30 heavy (non-hydrogen) atoms. The highest BCUT2D eigenvalue weighted by atomic mass is 19.1. The van der Waals surface area contributed by atoms with E-state index in [9.17, 15) is 14.7 Å². The molecule has 1 aromatic carbocycles. The largest absolute Gasteiger partial charge is 0.477 e. The van der Waals surface area contributed by atoms with Gasteiger partial charge in [0.05, 0.1) is 11.2 Å². The first-order valence-corrected chi connectivity index (χ1v) is 10.0. The lowest BCUT2D eigenvalue weighted by Gasteiger charge is -2.22. The molecule has 8 heteroatoms. The van der Waals surface area contributed by atoms with Crippen molar-refractivity contribution in [1.29, 1.82) is 0 Å². The second-order valence-corrected chi connectivity index (χ2v) is 7.95. The fourth-order valence-corrected chi connectivity index (χ4v) is 4.19. The first-order chi connectivity index (χ1) is 14.5. The maximum Gasteiger partial charge on any atom is 0.341 e. The number of halogens is 1. The Morgan fingerprint density at radius 1 is 1.20 bits per heavy atom. The van der Waals surface area contributed by atoms with Crippen LogP contribution in [-0.4, -0.2) is 39.8 Å². The van der Waals surface area contributed by atoms with Gasteiger partial charge in [0.25, 0.3) is 0 Å². The smallest absolute Gasteiger partial charge is 0.341 e. The number of hydrogen-bond donors (Lipinski definition) is 2. The normalized spacial score (nSPS) is 18.7. The second kappa shape index (κ2) is 7.12. The van der Waals surface area contributed by atoms with E-state index < -0.39 is 17.2 Å². The molecule has 1 saturated heterocycles. The van der Waals surface area contributed by atoms with E-state index in [1.54, 1.807) is 18.5 Å². The van der Waals surface area contributed by atoms with Gasteiger partial charge < -0.3 is 19.9 Å². The monoisotopic (exact) mass is 408 g/mol. The number of aromatic nitrogens is 2. The quantitative estimate of drug-likeness (QED) is 0.674. The average molecular weight is 408 g/mol. The molecule has 7 nitrogen and oxygen atoms in total. The Hall–Kier alpha value is -3.42. The molecule has 3 aromatic rings. The minimum Gasteiger partial charge on any atom is -0.477 e. The topological polar surface area (TPSA) is 87.5 Å². The molecule has 1 aliphatic carbocycles. The Morgan fingerprint density at radius 2 is 1.97 bits per heavy atom. The molecular weight excluding hydrogens is 387 g/mol. The minimum atomic E-state index is -1.29. The van der Waals surface area contributed by atoms with Crippen LogP contribution in [0.1, 0.15) is 35.7 Å². The Bertz CT molecular complexity index is 1190. The van der Waals surface area contributed by atoms with Crippen LogP contribution in [0, 0.1) is 5.82 Å². The van der Waals surface area contributed by atoms with Gasteiger partial charge in [0, 0.05) is 54.8 Å². The minimum absolute atomic E-state index is 0.119. The van der Waals surface area contributed by atoms with Gasteiger partial charge in [-0.15, -0.1) is 0 Å². The number of fused-ring (bicyclic) bond motifs is 1. The number of anilines is 2. The van der Waals surface area contributed by atoms with Crippen LogP contribution in [-0.2, 0) is 0 Å². The van der Waals surface area contributed by atoms with Crippen molar-refractivity contribution < 1.29 is 14.3 Å². The molecular formula is C22H21FN4O3. The number of hydrogen-bond acceptors (Lipinski definition) is 5. The molecule has 1 aliphatic heterocycles. The zero-order valence-electron chi connectivity index (χ0n) is 16.2. The summed E-state index contributed by atoms with van der Waals surface area (Å²) < 4.78 is 16.8. The number of carbonyl (C=O) groups is 1. The fraction of sp³-hybridized carbons (Fsp3) is 0.318. The van der Waals surface area contributed by atoms with Crippen LogP contribution in [0.3, 0.4) is 0 Å². The lowest BCUT2D eigenvalue weighted by molar-refractivity contribution is 0.0695. The number of aromatic carboxylic acids is 1. The van der Waals surface area contributed by atoms with E-state index in [1.807, 2.05) is 21.6 Å². The summed E-state index contributed by atoms with van der Waals surface area (Å²) in [6.07, 6.45) is 7.55. The standard InChI is InChI=1S/C22H21FN4O3/c23-18-9-16-19(27(15-1-2-15)12-17(21(16)28)22(29)30)10-20(18)26-8-5-14(11-26)25-13-3-6-24-7-4-13/h3-4,6-7,9-10,12,14-15H,1-2,5,8,11H2,(H,24,25)(H,29,30). The number of pyridine rings is 2. The molecule has 154 valence electrons. The van der Waals surface area contributed by atoms with Crippen molar-refractivity contribution >= 4 is 28.2 Å². The van der Waals surface area contributed by atoms with Crippen molar-refractivity contribution in [2.75, 3.05) is 23.3 Å². The van der Waals surface area contributed by atoms with E-state index in [0.717, 1.165) is 24.9 Å². The number of carboxylic acids is 1. The van der Waals surface area contributed by atoms with Gasteiger partial charge in [0.2, 0.25) is 5.43 Å². The van der Waals surface area contributed by atoms with Crippen LogP contribution in [0.4, 0.5) is 15.8 Å². The number of nitrogens with one attached hydrogen (secondary N) is 1. The van der Waals surface area contributed by atoms with E-state index in [-0.39, 0.29) is 23.0 Å². The first-order valence-electron chi connectivity index (χ1n) is 10.0. The third-order valence-corrected chi connectivity index (χ3v) is 5.85. The van der Waals surface area contributed by atoms with E-state index >= 15 is 4.39 Å². The average Bonchev–Trinajstić information content (AvgIpc) is 3.47. The Kier molecular flexibility index (Phi) is 4.42. The van der Waals surface area contributed by atoms with Crippen molar-refractivity contribution in [3.8, 4) is 0 Å². The number of carboxylic acid groups (broad SMARTS) is 1. The van der Waals surface area contributed by atoms with Crippen molar-refractivity contribution in [3.63, 3.8) is 0 Å². The molecule has 1 unspecified atom stereocenters. The van der Waals surface area contributed by atoms with E-state index in [1.165, 1.54) is 12.3 Å². The number of nitrogens with zero attached hydrogens (tertiary/aromatic N) is 3. The lowest BCUT2D eigenvalue weighted by atomic mass is 10.1. The van der Waals surface area contributed by atoms with Gasteiger partial charge in [0.1, 0.15) is 11.4 Å². The molecule has 2 aromatic heterocycles. The van der Waals surface area contributed by atoms with Gasteiger partial charge in [-0.05, 0) is 43.5 Å². The zero-order chi connectivity index (χ0) is 20.8. The molecule has 2 aliphatic rings. The Labute approximate surface area is 171 Å². The molecule has 5 rings (SSSR count). The van der Waals surface area contributed by atoms with Crippen molar-refractivity contribution in [3.05, 3.63) is 64.5 Å². The second-order valence-electron chi connectivity index (χ2n) is 7.95. The maximum absolute atomic E-state index is 15.0. The summed E-state index contributed by atoms with van der Waals surface area (Å²) in [4.78, 5) is 30.1. The molecule has 0 spiro atoms. The van der Waals surface area contributed by atoms with Gasteiger partial charge in [-0.2, -0.15) is 0 Å². The van der Waals surface area contributed by atoms with Gasteiger partial charge in [-0.25, -0.2) is 9.18 Å². The lowest BCUT2D eigenvalue weighted by Crippen LogP contribution is -2.27.